The van der Waals surface area contributed by atoms with Crippen LogP contribution in [0, 0.1) is 6.92 Å². The van der Waals surface area contributed by atoms with Crippen molar-refractivity contribution >= 4 is 11.0 Å². The second-order valence-corrected chi connectivity index (χ2v) is 4.71. The number of fused-ring (bicyclic) bond motifs is 1. The Morgan fingerprint density at radius 2 is 1.95 bits per heavy atom. The van der Waals surface area contributed by atoms with E-state index < -0.39 is 0 Å². The summed E-state index contributed by atoms with van der Waals surface area (Å²) in [6.07, 6.45) is 3.46. The zero-order valence-electron chi connectivity index (χ0n) is 11.5. The molecule has 0 fully saturated rings. The van der Waals surface area contributed by atoms with Crippen molar-refractivity contribution in [2.45, 2.75) is 13.0 Å². The molecule has 4 heteroatoms. The zero-order valence-corrected chi connectivity index (χ0v) is 11.5. The highest BCUT2D eigenvalue weighted by molar-refractivity contribution is 5.83. The summed E-state index contributed by atoms with van der Waals surface area (Å²) >= 11 is 0. The molecule has 0 spiro atoms. The van der Waals surface area contributed by atoms with Crippen molar-refractivity contribution < 1.29 is 9.15 Å². The molecule has 0 aliphatic rings. The highest BCUT2D eigenvalue weighted by Crippen LogP contribution is 2.33. The quantitative estimate of drug-likeness (QED) is 0.792. The Labute approximate surface area is 117 Å². The maximum atomic E-state index is 6.30. The third-order valence-electron chi connectivity index (χ3n) is 3.53. The van der Waals surface area contributed by atoms with Gasteiger partial charge in [-0.2, -0.15) is 0 Å². The Balaban J connectivity index is 2.10. The van der Waals surface area contributed by atoms with Crippen molar-refractivity contribution in [3.05, 3.63) is 59.6 Å². The topological polar surface area (TPSA) is 61.3 Å². The van der Waals surface area contributed by atoms with Crippen LogP contribution in [0.15, 0.2) is 47.1 Å². The third-order valence-corrected chi connectivity index (χ3v) is 3.53. The molecule has 0 amide bonds. The molecular formula is C16H16N2O2. The normalized spacial score (nSPS) is 12.6. The minimum Gasteiger partial charge on any atom is -0.497 e. The molecule has 0 radical (unpaired) electrons. The molecule has 1 atom stereocenters. The predicted molar refractivity (Wildman–Crippen MR) is 77.8 cm³/mol. The second kappa shape index (κ2) is 4.98. The van der Waals surface area contributed by atoms with E-state index in [0.717, 1.165) is 33.6 Å². The average Bonchev–Trinajstić information content (AvgIpc) is 2.84. The minimum atomic E-state index is -0.295. The first-order valence-electron chi connectivity index (χ1n) is 6.43. The Morgan fingerprint density at radius 3 is 2.65 bits per heavy atom. The van der Waals surface area contributed by atoms with Gasteiger partial charge in [-0.15, -0.1) is 0 Å². The Morgan fingerprint density at radius 1 is 1.20 bits per heavy atom. The molecule has 20 heavy (non-hydrogen) atoms. The number of pyridine rings is 1. The van der Waals surface area contributed by atoms with Crippen molar-refractivity contribution in [3.63, 3.8) is 0 Å². The average molecular weight is 268 g/mol. The van der Waals surface area contributed by atoms with E-state index in [9.17, 15) is 0 Å². The largest absolute Gasteiger partial charge is 0.497 e. The number of ether oxygens (including phenoxy) is 1. The van der Waals surface area contributed by atoms with Crippen LogP contribution in [0.5, 0.6) is 5.75 Å². The van der Waals surface area contributed by atoms with Gasteiger partial charge in [0.1, 0.15) is 17.1 Å². The van der Waals surface area contributed by atoms with Crippen LogP contribution in [-0.4, -0.2) is 12.1 Å². The highest BCUT2D eigenvalue weighted by Gasteiger charge is 2.18. The first kappa shape index (κ1) is 12.7. The van der Waals surface area contributed by atoms with Crippen molar-refractivity contribution in [1.82, 2.24) is 4.98 Å². The van der Waals surface area contributed by atoms with Crippen LogP contribution in [0.4, 0.5) is 0 Å². The molecule has 102 valence electrons. The summed E-state index contributed by atoms with van der Waals surface area (Å²) < 4.78 is 11.2. The molecule has 0 saturated heterocycles. The Kier molecular flexibility index (Phi) is 3.16. The minimum absolute atomic E-state index is 0.295. The van der Waals surface area contributed by atoms with Crippen molar-refractivity contribution in [1.29, 1.82) is 0 Å². The van der Waals surface area contributed by atoms with Crippen LogP contribution in [0.25, 0.3) is 11.0 Å². The van der Waals surface area contributed by atoms with Gasteiger partial charge in [0.15, 0.2) is 0 Å². The predicted octanol–water partition coefficient (Wildman–Crippen LogP) is 3.19. The van der Waals surface area contributed by atoms with E-state index >= 15 is 0 Å². The molecule has 3 rings (SSSR count). The number of nitrogens with zero attached hydrogens (tertiary/aromatic N) is 1. The molecule has 1 aromatic carbocycles. The Bertz CT molecular complexity index is 735. The molecule has 4 nitrogen and oxygen atoms in total. The number of hydrogen-bond donors (Lipinski definition) is 1. The first-order chi connectivity index (χ1) is 9.70. The van der Waals surface area contributed by atoms with Crippen LogP contribution < -0.4 is 10.5 Å². The molecule has 3 aromatic rings. The summed E-state index contributed by atoms with van der Waals surface area (Å²) in [6.45, 7) is 2.02. The van der Waals surface area contributed by atoms with E-state index in [2.05, 4.69) is 4.98 Å². The van der Waals surface area contributed by atoms with Gasteiger partial charge in [-0.1, -0.05) is 0 Å². The maximum absolute atomic E-state index is 6.30. The van der Waals surface area contributed by atoms with Crippen LogP contribution in [0.2, 0.25) is 0 Å². The molecule has 1 unspecified atom stereocenters. The lowest BCUT2D eigenvalue weighted by Gasteiger charge is -2.09. The number of furan rings is 1. The second-order valence-electron chi connectivity index (χ2n) is 4.71. The molecule has 0 aliphatic carbocycles. The third kappa shape index (κ3) is 2.04. The number of nitrogens with two attached hydrogens (primary N) is 1. The SMILES string of the molecule is COc1ccc2oc(C(N)c3ccncc3)c(C)c2c1. The molecule has 0 aliphatic heterocycles. The van der Waals surface area contributed by atoms with Gasteiger partial charge in [0, 0.05) is 23.3 Å². The van der Waals surface area contributed by atoms with Crippen LogP contribution in [-0.2, 0) is 0 Å². The summed E-state index contributed by atoms with van der Waals surface area (Å²) in [7, 11) is 1.65. The fourth-order valence-corrected chi connectivity index (χ4v) is 2.36. The summed E-state index contributed by atoms with van der Waals surface area (Å²) in [5.41, 5.74) is 9.15. The number of benzene rings is 1. The molecule has 0 bridgehead atoms. The van der Waals surface area contributed by atoms with Crippen molar-refractivity contribution in [2.24, 2.45) is 5.73 Å². The molecule has 2 heterocycles. The summed E-state index contributed by atoms with van der Waals surface area (Å²) in [4.78, 5) is 4.01. The lowest BCUT2D eigenvalue weighted by atomic mass is 10.0. The fourth-order valence-electron chi connectivity index (χ4n) is 2.36. The summed E-state index contributed by atoms with van der Waals surface area (Å²) in [6, 6.07) is 9.26. The molecule has 2 N–H and O–H groups in total. The van der Waals surface area contributed by atoms with Gasteiger partial charge in [0.2, 0.25) is 0 Å². The summed E-state index contributed by atoms with van der Waals surface area (Å²) in [5.74, 6) is 1.59. The smallest absolute Gasteiger partial charge is 0.134 e. The van der Waals surface area contributed by atoms with E-state index in [-0.39, 0.29) is 6.04 Å². The zero-order chi connectivity index (χ0) is 14.1. The van der Waals surface area contributed by atoms with E-state index in [1.165, 1.54) is 0 Å². The van der Waals surface area contributed by atoms with Crippen LogP contribution >= 0.6 is 0 Å². The van der Waals surface area contributed by atoms with Gasteiger partial charge in [-0.3, -0.25) is 4.98 Å². The van der Waals surface area contributed by atoms with E-state index in [4.69, 9.17) is 14.9 Å². The fraction of sp³-hybridized carbons (Fsp3) is 0.188. The highest BCUT2D eigenvalue weighted by atomic mass is 16.5. The number of aryl methyl sites for hydroxylation is 1. The molecule has 0 saturated carbocycles. The molecular weight excluding hydrogens is 252 g/mol. The Hall–Kier alpha value is -2.33. The maximum Gasteiger partial charge on any atom is 0.134 e. The lowest BCUT2D eigenvalue weighted by Crippen LogP contribution is -2.11. The van der Waals surface area contributed by atoms with Gasteiger partial charge < -0.3 is 14.9 Å². The van der Waals surface area contributed by atoms with Gasteiger partial charge in [0.25, 0.3) is 0 Å². The van der Waals surface area contributed by atoms with Gasteiger partial charge in [-0.25, -0.2) is 0 Å². The van der Waals surface area contributed by atoms with E-state index in [1.807, 2.05) is 37.3 Å². The number of hydrogen-bond acceptors (Lipinski definition) is 4. The van der Waals surface area contributed by atoms with E-state index in [0.29, 0.717) is 0 Å². The van der Waals surface area contributed by atoms with Gasteiger partial charge in [-0.05, 0) is 42.8 Å². The standard InChI is InChI=1S/C16H16N2O2/c1-10-13-9-12(19-2)3-4-14(13)20-16(10)15(17)11-5-7-18-8-6-11/h3-9,15H,17H2,1-2H3. The first-order valence-corrected chi connectivity index (χ1v) is 6.43. The lowest BCUT2D eigenvalue weighted by molar-refractivity contribution is 0.415. The van der Waals surface area contributed by atoms with Crippen LogP contribution in [0.3, 0.4) is 0 Å². The number of methoxy groups -OCH3 is 1. The van der Waals surface area contributed by atoms with Crippen LogP contribution in [0.1, 0.15) is 22.9 Å². The number of aromatic nitrogens is 1. The monoisotopic (exact) mass is 268 g/mol. The summed E-state index contributed by atoms with van der Waals surface area (Å²) in [5, 5.41) is 1.03. The van der Waals surface area contributed by atoms with Gasteiger partial charge >= 0.3 is 0 Å². The molecule has 2 aromatic heterocycles. The van der Waals surface area contributed by atoms with Gasteiger partial charge in [0.05, 0.1) is 13.2 Å². The van der Waals surface area contributed by atoms with E-state index in [1.54, 1.807) is 19.5 Å². The van der Waals surface area contributed by atoms with Crippen molar-refractivity contribution in [3.8, 4) is 5.75 Å². The van der Waals surface area contributed by atoms with Crippen molar-refractivity contribution in [2.75, 3.05) is 7.11 Å². The number of rotatable bonds is 3.